The molecule has 1 aromatic rings. The fraction of sp³-hybridized carbons (Fsp3) is 0.167. The quantitative estimate of drug-likeness (QED) is 0.818. The summed E-state index contributed by atoms with van der Waals surface area (Å²) in [5.41, 5.74) is 0.896. The molecule has 0 radical (unpaired) electrons. The number of nitrogens with one attached hydrogen (secondary N) is 1. The third kappa shape index (κ3) is 5.87. The number of benzene rings is 1. The third-order valence-electron chi connectivity index (χ3n) is 1.91. The highest BCUT2D eigenvalue weighted by atomic mass is 79.9. The fourth-order valence-electron chi connectivity index (χ4n) is 1.13. The fourth-order valence-corrected chi connectivity index (χ4v) is 1.55. The molecular formula is C12H12BrNO3. The number of carbonyl (C=O) groups excluding carboxylic acids is 1. The number of carboxylic acid groups (broad SMARTS) is 1. The smallest absolute Gasteiger partial charge is 0.305 e. The van der Waals surface area contributed by atoms with Gasteiger partial charge in [0.1, 0.15) is 0 Å². The SMILES string of the molecule is O=C(O)CCNC(=O)/C=C/c1cccc(Br)c1. The molecule has 0 aliphatic carbocycles. The third-order valence-corrected chi connectivity index (χ3v) is 2.41. The Labute approximate surface area is 107 Å². The monoisotopic (exact) mass is 297 g/mol. The van der Waals surface area contributed by atoms with Crippen molar-refractivity contribution in [3.8, 4) is 0 Å². The summed E-state index contributed by atoms with van der Waals surface area (Å²) in [6.45, 7) is 0.136. The van der Waals surface area contributed by atoms with Crippen LogP contribution in [-0.4, -0.2) is 23.5 Å². The van der Waals surface area contributed by atoms with Gasteiger partial charge in [0.25, 0.3) is 0 Å². The summed E-state index contributed by atoms with van der Waals surface area (Å²) >= 11 is 3.33. The minimum absolute atomic E-state index is 0.0730. The van der Waals surface area contributed by atoms with E-state index in [2.05, 4.69) is 21.2 Å². The molecule has 0 saturated carbocycles. The lowest BCUT2D eigenvalue weighted by Gasteiger charge is -1.98. The van der Waals surface area contributed by atoms with Crippen LogP contribution >= 0.6 is 15.9 Å². The Morgan fingerprint density at radius 1 is 1.41 bits per heavy atom. The molecule has 0 aliphatic rings. The second kappa shape index (κ2) is 6.85. The lowest BCUT2D eigenvalue weighted by Crippen LogP contribution is -2.23. The van der Waals surface area contributed by atoms with Crippen molar-refractivity contribution in [2.24, 2.45) is 0 Å². The van der Waals surface area contributed by atoms with Gasteiger partial charge in [0.15, 0.2) is 0 Å². The summed E-state index contributed by atoms with van der Waals surface area (Å²) in [7, 11) is 0. The van der Waals surface area contributed by atoms with Crippen LogP contribution in [0.25, 0.3) is 6.08 Å². The zero-order valence-corrected chi connectivity index (χ0v) is 10.6. The van der Waals surface area contributed by atoms with Gasteiger partial charge >= 0.3 is 5.97 Å². The number of halogens is 1. The molecule has 0 aromatic heterocycles. The van der Waals surface area contributed by atoms with Gasteiger partial charge < -0.3 is 10.4 Å². The van der Waals surface area contributed by atoms with Gasteiger partial charge in [0.05, 0.1) is 6.42 Å². The van der Waals surface area contributed by atoms with Gasteiger partial charge in [0.2, 0.25) is 5.91 Å². The summed E-state index contributed by atoms with van der Waals surface area (Å²) in [5, 5.41) is 10.9. The van der Waals surface area contributed by atoms with Crippen molar-refractivity contribution in [2.75, 3.05) is 6.54 Å². The van der Waals surface area contributed by atoms with Crippen molar-refractivity contribution in [3.63, 3.8) is 0 Å². The van der Waals surface area contributed by atoms with Crippen LogP contribution in [0.15, 0.2) is 34.8 Å². The van der Waals surface area contributed by atoms with E-state index in [1.165, 1.54) is 6.08 Å². The Kier molecular flexibility index (Phi) is 5.42. The maximum Gasteiger partial charge on any atom is 0.305 e. The molecule has 0 aliphatic heterocycles. The van der Waals surface area contributed by atoms with Crippen molar-refractivity contribution in [1.29, 1.82) is 0 Å². The highest BCUT2D eigenvalue weighted by Gasteiger charge is 1.98. The standard InChI is InChI=1S/C12H12BrNO3/c13-10-3-1-2-9(8-10)4-5-11(15)14-7-6-12(16)17/h1-5,8H,6-7H2,(H,14,15)(H,16,17)/b5-4+. The number of carbonyl (C=O) groups is 2. The predicted molar refractivity (Wildman–Crippen MR) is 68.4 cm³/mol. The molecule has 1 rings (SSSR count). The van der Waals surface area contributed by atoms with Crippen molar-refractivity contribution < 1.29 is 14.7 Å². The summed E-state index contributed by atoms with van der Waals surface area (Å²) in [6, 6.07) is 7.50. The van der Waals surface area contributed by atoms with Crippen LogP contribution in [0.5, 0.6) is 0 Å². The Hall–Kier alpha value is -1.62. The molecule has 0 fully saturated rings. The highest BCUT2D eigenvalue weighted by Crippen LogP contribution is 2.12. The largest absolute Gasteiger partial charge is 0.481 e. The topological polar surface area (TPSA) is 66.4 Å². The minimum Gasteiger partial charge on any atom is -0.481 e. The number of amides is 1. The van der Waals surface area contributed by atoms with Crippen LogP contribution in [0.3, 0.4) is 0 Å². The zero-order chi connectivity index (χ0) is 12.7. The van der Waals surface area contributed by atoms with Gasteiger partial charge in [-0.2, -0.15) is 0 Å². The molecule has 0 atom stereocenters. The van der Waals surface area contributed by atoms with Gasteiger partial charge in [-0.15, -0.1) is 0 Å². The molecular weight excluding hydrogens is 286 g/mol. The van der Waals surface area contributed by atoms with Crippen molar-refractivity contribution >= 4 is 33.9 Å². The number of hydrogen-bond donors (Lipinski definition) is 2. The molecule has 0 heterocycles. The summed E-state index contributed by atoms with van der Waals surface area (Å²) < 4.78 is 0.936. The average molecular weight is 298 g/mol. The Balaban J connectivity index is 2.43. The Bertz CT molecular complexity index is 443. The Morgan fingerprint density at radius 3 is 2.82 bits per heavy atom. The van der Waals surface area contributed by atoms with E-state index in [1.54, 1.807) is 6.08 Å². The van der Waals surface area contributed by atoms with Gasteiger partial charge in [-0.25, -0.2) is 0 Å². The van der Waals surface area contributed by atoms with Gasteiger partial charge in [-0.3, -0.25) is 9.59 Å². The second-order valence-electron chi connectivity index (χ2n) is 3.32. The van der Waals surface area contributed by atoms with E-state index in [1.807, 2.05) is 24.3 Å². The number of hydrogen-bond acceptors (Lipinski definition) is 2. The lowest BCUT2D eigenvalue weighted by atomic mass is 10.2. The van der Waals surface area contributed by atoms with Crippen LogP contribution in [0.4, 0.5) is 0 Å². The van der Waals surface area contributed by atoms with E-state index in [4.69, 9.17) is 5.11 Å². The van der Waals surface area contributed by atoms with E-state index in [9.17, 15) is 9.59 Å². The highest BCUT2D eigenvalue weighted by molar-refractivity contribution is 9.10. The first kappa shape index (κ1) is 13.4. The first-order valence-electron chi connectivity index (χ1n) is 5.01. The van der Waals surface area contributed by atoms with Crippen LogP contribution in [0, 0.1) is 0 Å². The lowest BCUT2D eigenvalue weighted by molar-refractivity contribution is -0.136. The predicted octanol–water partition coefficient (Wildman–Crippen LogP) is 2.05. The summed E-state index contributed by atoms with van der Waals surface area (Å²) in [4.78, 5) is 21.5. The summed E-state index contributed by atoms with van der Waals surface area (Å²) in [5.74, 6) is -1.23. The molecule has 4 nitrogen and oxygen atoms in total. The van der Waals surface area contributed by atoms with Crippen molar-refractivity contribution in [3.05, 3.63) is 40.4 Å². The zero-order valence-electron chi connectivity index (χ0n) is 9.02. The summed E-state index contributed by atoms with van der Waals surface area (Å²) in [6.07, 6.45) is 2.97. The maximum absolute atomic E-state index is 11.3. The molecule has 0 unspecified atom stereocenters. The van der Waals surface area contributed by atoms with E-state index >= 15 is 0 Å². The van der Waals surface area contributed by atoms with Crippen LogP contribution in [0.2, 0.25) is 0 Å². The Morgan fingerprint density at radius 2 is 2.18 bits per heavy atom. The first-order valence-corrected chi connectivity index (χ1v) is 5.80. The maximum atomic E-state index is 11.3. The van der Waals surface area contributed by atoms with Crippen molar-refractivity contribution in [2.45, 2.75) is 6.42 Å². The molecule has 0 saturated heterocycles. The van der Waals surface area contributed by atoms with E-state index < -0.39 is 5.97 Å². The second-order valence-corrected chi connectivity index (χ2v) is 4.24. The molecule has 90 valence electrons. The molecule has 1 aromatic carbocycles. The van der Waals surface area contributed by atoms with E-state index in [0.29, 0.717) is 0 Å². The molecule has 1 amide bonds. The van der Waals surface area contributed by atoms with E-state index in [0.717, 1.165) is 10.0 Å². The molecule has 17 heavy (non-hydrogen) atoms. The normalized spacial score (nSPS) is 10.4. The minimum atomic E-state index is -0.929. The number of carboxylic acids is 1. The van der Waals surface area contributed by atoms with Gasteiger partial charge in [0, 0.05) is 17.1 Å². The van der Waals surface area contributed by atoms with Crippen LogP contribution in [0.1, 0.15) is 12.0 Å². The molecule has 0 spiro atoms. The van der Waals surface area contributed by atoms with Crippen LogP contribution < -0.4 is 5.32 Å². The average Bonchev–Trinajstić information content (AvgIpc) is 2.26. The van der Waals surface area contributed by atoms with Gasteiger partial charge in [-0.05, 0) is 23.8 Å². The van der Waals surface area contributed by atoms with Crippen LogP contribution in [-0.2, 0) is 9.59 Å². The number of rotatable bonds is 5. The van der Waals surface area contributed by atoms with Gasteiger partial charge in [-0.1, -0.05) is 28.1 Å². The first-order chi connectivity index (χ1) is 8.08. The van der Waals surface area contributed by atoms with Crippen molar-refractivity contribution in [1.82, 2.24) is 5.32 Å². The number of aliphatic carboxylic acids is 1. The van der Waals surface area contributed by atoms with E-state index in [-0.39, 0.29) is 18.9 Å². The molecule has 0 bridgehead atoms. The molecule has 2 N–H and O–H groups in total. The molecule has 5 heteroatoms.